The highest BCUT2D eigenvalue weighted by molar-refractivity contribution is 5.02. The lowest BCUT2D eigenvalue weighted by Gasteiger charge is -2.53. The molecule has 1 fully saturated rings. The number of rotatable bonds is 5. The van der Waals surface area contributed by atoms with Crippen molar-refractivity contribution < 1.29 is 8.78 Å². The molecule has 1 aliphatic heterocycles. The molecule has 1 rings (SSSR count). The number of alkyl halides is 2. The second kappa shape index (κ2) is 5.61. The van der Waals surface area contributed by atoms with Gasteiger partial charge in [-0.25, -0.2) is 8.78 Å². The first kappa shape index (κ1) is 14.8. The van der Waals surface area contributed by atoms with Gasteiger partial charge in [0.1, 0.15) is 0 Å². The molecule has 0 aliphatic carbocycles. The molecule has 0 radical (unpaired) electrons. The molecule has 102 valence electrons. The number of piperazine rings is 1. The lowest BCUT2D eigenvalue weighted by Crippen LogP contribution is -2.69. The first-order chi connectivity index (χ1) is 7.91. The van der Waals surface area contributed by atoms with E-state index in [9.17, 15) is 8.78 Å². The third-order valence-corrected chi connectivity index (χ3v) is 4.57. The molecule has 1 heterocycles. The monoisotopic (exact) mass is 248 g/mol. The van der Waals surface area contributed by atoms with Crippen molar-refractivity contribution in [2.45, 2.75) is 64.5 Å². The number of hydrogen-bond acceptors (Lipinski definition) is 2. The molecule has 17 heavy (non-hydrogen) atoms. The van der Waals surface area contributed by atoms with Crippen molar-refractivity contribution in [2.75, 3.05) is 19.6 Å². The molecule has 0 aromatic carbocycles. The Kier molecular flexibility index (Phi) is 4.90. The van der Waals surface area contributed by atoms with Gasteiger partial charge >= 0.3 is 0 Å². The number of nitrogens with one attached hydrogen (secondary N) is 1. The van der Waals surface area contributed by atoms with Gasteiger partial charge in [-0.15, -0.1) is 0 Å². The van der Waals surface area contributed by atoms with E-state index in [-0.39, 0.29) is 17.6 Å². The molecule has 1 aliphatic rings. The maximum Gasteiger partial charge on any atom is 0.251 e. The fraction of sp³-hybridized carbons (Fsp3) is 1.00. The Bertz CT molecular complexity index is 242. The molecule has 2 nitrogen and oxygen atoms in total. The van der Waals surface area contributed by atoms with Crippen molar-refractivity contribution in [3.63, 3.8) is 0 Å². The van der Waals surface area contributed by atoms with Crippen LogP contribution in [0.3, 0.4) is 0 Å². The lowest BCUT2D eigenvalue weighted by molar-refractivity contribution is -0.0287. The third-order valence-electron chi connectivity index (χ3n) is 4.57. The summed E-state index contributed by atoms with van der Waals surface area (Å²) < 4.78 is 25.4. The zero-order valence-electron chi connectivity index (χ0n) is 11.5. The van der Waals surface area contributed by atoms with E-state index in [4.69, 9.17) is 0 Å². The van der Waals surface area contributed by atoms with Gasteiger partial charge in [0.2, 0.25) is 0 Å². The van der Waals surface area contributed by atoms with Gasteiger partial charge in [0.05, 0.1) is 6.54 Å². The molecule has 1 unspecified atom stereocenters. The van der Waals surface area contributed by atoms with Gasteiger partial charge in [0.25, 0.3) is 6.43 Å². The summed E-state index contributed by atoms with van der Waals surface area (Å²) in [6.45, 7) is 9.85. The van der Waals surface area contributed by atoms with Crippen LogP contribution in [0.1, 0.15) is 47.0 Å². The Morgan fingerprint density at radius 1 is 1.18 bits per heavy atom. The molecule has 0 bridgehead atoms. The summed E-state index contributed by atoms with van der Waals surface area (Å²) in [6, 6.07) is 0. The van der Waals surface area contributed by atoms with Crippen LogP contribution < -0.4 is 5.32 Å². The first-order valence-corrected chi connectivity index (χ1v) is 6.69. The number of halogens is 2. The molecule has 0 saturated carbocycles. The maximum absolute atomic E-state index is 12.7. The predicted octanol–water partition coefficient (Wildman–Crippen LogP) is 2.88. The van der Waals surface area contributed by atoms with Gasteiger partial charge in [0.15, 0.2) is 0 Å². The van der Waals surface area contributed by atoms with Crippen molar-refractivity contribution in [3.05, 3.63) is 0 Å². The van der Waals surface area contributed by atoms with Gasteiger partial charge in [-0.2, -0.15) is 0 Å². The highest BCUT2D eigenvalue weighted by atomic mass is 19.3. The minimum absolute atomic E-state index is 0.0174. The summed E-state index contributed by atoms with van der Waals surface area (Å²) in [5, 5.41) is 3.59. The fourth-order valence-corrected chi connectivity index (χ4v) is 2.63. The highest BCUT2D eigenvalue weighted by Crippen LogP contribution is 2.30. The quantitative estimate of drug-likeness (QED) is 0.805. The minimum Gasteiger partial charge on any atom is -0.308 e. The zero-order valence-corrected chi connectivity index (χ0v) is 11.5. The number of nitrogens with zero attached hydrogens (tertiary/aromatic N) is 1. The Hall–Kier alpha value is -0.220. The normalized spacial score (nSPS) is 29.8. The van der Waals surface area contributed by atoms with Crippen molar-refractivity contribution in [1.29, 1.82) is 0 Å². The average Bonchev–Trinajstić information content (AvgIpc) is 2.32. The molecule has 1 N–H and O–H groups in total. The fourth-order valence-electron chi connectivity index (χ4n) is 2.63. The Morgan fingerprint density at radius 2 is 1.76 bits per heavy atom. The van der Waals surface area contributed by atoms with Crippen LogP contribution in [0.15, 0.2) is 0 Å². The summed E-state index contributed by atoms with van der Waals surface area (Å²) in [4.78, 5) is 1.99. The van der Waals surface area contributed by atoms with E-state index < -0.39 is 6.43 Å². The summed E-state index contributed by atoms with van der Waals surface area (Å²) >= 11 is 0. The van der Waals surface area contributed by atoms with Gasteiger partial charge in [-0.05, 0) is 26.2 Å². The van der Waals surface area contributed by atoms with Crippen LogP contribution >= 0.6 is 0 Å². The van der Waals surface area contributed by atoms with E-state index in [1.165, 1.54) is 0 Å². The maximum atomic E-state index is 12.7. The van der Waals surface area contributed by atoms with E-state index in [2.05, 4.69) is 33.0 Å². The number of hydrogen-bond donors (Lipinski definition) is 1. The van der Waals surface area contributed by atoms with Crippen LogP contribution in [0.5, 0.6) is 0 Å². The molecule has 1 saturated heterocycles. The second-order valence-electron chi connectivity index (χ2n) is 5.46. The molecule has 0 spiro atoms. The summed E-state index contributed by atoms with van der Waals surface area (Å²) in [5.41, 5.74) is -0.117. The SMILES string of the molecule is CCC1(CC)CN(CC(F)F)C(C)(CC)CN1. The van der Waals surface area contributed by atoms with E-state index in [1.54, 1.807) is 0 Å². The van der Waals surface area contributed by atoms with Crippen LogP contribution in [0.4, 0.5) is 8.78 Å². The van der Waals surface area contributed by atoms with Crippen LogP contribution in [-0.4, -0.2) is 42.0 Å². The van der Waals surface area contributed by atoms with Gasteiger partial charge in [0, 0.05) is 24.2 Å². The smallest absolute Gasteiger partial charge is 0.251 e. The zero-order chi connectivity index (χ0) is 13.1. The molecular formula is C13H26F2N2. The summed E-state index contributed by atoms with van der Waals surface area (Å²) in [7, 11) is 0. The largest absolute Gasteiger partial charge is 0.308 e. The van der Waals surface area contributed by atoms with Gasteiger partial charge in [-0.1, -0.05) is 20.8 Å². The van der Waals surface area contributed by atoms with Gasteiger partial charge < -0.3 is 5.32 Å². The lowest BCUT2D eigenvalue weighted by atomic mass is 9.83. The minimum atomic E-state index is -2.25. The standard InChI is InChI=1S/C13H26F2N2/c1-5-12(4)9-16-13(6-2,7-3)10-17(12)8-11(14)15/h11,16H,5-10H2,1-4H3. The highest BCUT2D eigenvalue weighted by Gasteiger charge is 2.43. The molecule has 4 heteroatoms. The second-order valence-corrected chi connectivity index (χ2v) is 5.46. The molecule has 0 aromatic rings. The van der Waals surface area contributed by atoms with E-state index in [0.717, 1.165) is 32.4 Å². The van der Waals surface area contributed by atoms with Crippen molar-refractivity contribution in [2.24, 2.45) is 0 Å². The van der Waals surface area contributed by atoms with Crippen LogP contribution in [0, 0.1) is 0 Å². The average molecular weight is 248 g/mol. The molecule has 1 atom stereocenters. The summed E-state index contributed by atoms with van der Waals surface area (Å²) in [5.74, 6) is 0. The van der Waals surface area contributed by atoms with E-state index in [1.807, 2.05) is 4.90 Å². The van der Waals surface area contributed by atoms with E-state index >= 15 is 0 Å². The topological polar surface area (TPSA) is 15.3 Å². The predicted molar refractivity (Wildman–Crippen MR) is 67.6 cm³/mol. The Morgan fingerprint density at radius 3 is 2.18 bits per heavy atom. The molecular weight excluding hydrogens is 222 g/mol. The Balaban J connectivity index is 2.83. The van der Waals surface area contributed by atoms with Crippen molar-refractivity contribution in [1.82, 2.24) is 10.2 Å². The Labute approximate surface area is 104 Å². The first-order valence-electron chi connectivity index (χ1n) is 6.69. The van der Waals surface area contributed by atoms with Crippen molar-refractivity contribution in [3.8, 4) is 0 Å². The molecule has 0 aromatic heterocycles. The van der Waals surface area contributed by atoms with E-state index in [0.29, 0.717) is 0 Å². The molecule has 0 amide bonds. The third kappa shape index (κ3) is 3.16. The van der Waals surface area contributed by atoms with Gasteiger partial charge in [-0.3, -0.25) is 4.90 Å². The van der Waals surface area contributed by atoms with Crippen LogP contribution in [0.25, 0.3) is 0 Å². The van der Waals surface area contributed by atoms with Crippen LogP contribution in [-0.2, 0) is 0 Å². The summed E-state index contributed by atoms with van der Waals surface area (Å²) in [6.07, 6.45) is 0.632. The van der Waals surface area contributed by atoms with Crippen LogP contribution in [0.2, 0.25) is 0 Å². The van der Waals surface area contributed by atoms with Crippen molar-refractivity contribution >= 4 is 0 Å².